The molecule has 106 valence electrons. The molecule has 1 heterocycles. The standard InChI is InChI=1S/C15H19FN4/c1-8(2)14-19-13(17)10(4)15(20-14)18-12-6-5-11(16)7-9(12)3/h5-8H,1-4H3,(H3,17,18,19,20). The Labute approximate surface area is 118 Å². The molecule has 0 aliphatic heterocycles. The van der Waals surface area contributed by atoms with Crippen molar-refractivity contribution in [2.24, 2.45) is 0 Å². The van der Waals surface area contributed by atoms with Gasteiger partial charge in [-0.25, -0.2) is 14.4 Å². The molecular formula is C15H19FN4. The van der Waals surface area contributed by atoms with Gasteiger partial charge in [0.1, 0.15) is 23.3 Å². The first-order chi connectivity index (χ1) is 9.38. The van der Waals surface area contributed by atoms with Gasteiger partial charge in [0.2, 0.25) is 0 Å². The summed E-state index contributed by atoms with van der Waals surface area (Å²) in [5.41, 5.74) is 8.33. The van der Waals surface area contributed by atoms with E-state index in [1.165, 1.54) is 12.1 Å². The summed E-state index contributed by atoms with van der Waals surface area (Å²) in [6, 6.07) is 4.58. The molecule has 0 unspecified atom stereocenters. The summed E-state index contributed by atoms with van der Waals surface area (Å²) in [7, 11) is 0. The molecule has 0 saturated carbocycles. The van der Waals surface area contributed by atoms with E-state index in [-0.39, 0.29) is 11.7 Å². The molecule has 2 rings (SSSR count). The molecule has 3 N–H and O–H groups in total. The Morgan fingerprint density at radius 3 is 2.50 bits per heavy atom. The van der Waals surface area contributed by atoms with Gasteiger partial charge in [0.05, 0.1) is 0 Å². The van der Waals surface area contributed by atoms with Crippen molar-refractivity contribution < 1.29 is 4.39 Å². The van der Waals surface area contributed by atoms with Crippen LogP contribution in [0.1, 0.15) is 36.7 Å². The number of aromatic nitrogens is 2. The van der Waals surface area contributed by atoms with Crippen LogP contribution in [-0.4, -0.2) is 9.97 Å². The fourth-order valence-corrected chi connectivity index (χ4v) is 1.83. The molecule has 1 aromatic heterocycles. The lowest BCUT2D eigenvalue weighted by atomic mass is 10.1. The lowest BCUT2D eigenvalue weighted by molar-refractivity contribution is 0.627. The zero-order valence-corrected chi connectivity index (χ0v) is 12.2. The van der Waals surface area contributed by atoms with Crippen molar-refractivity contribution in [2.45, 2.75) is 33.6 Å². The fraction of sp³-hybridized carbons (Fsp3) is 0.333. The minimum Gasteiger partial charge on any atom is -0.383 e. The molecule has 0 bridgehead atoms. The van der Waals surface area contributed by atoms with Crippen LogP contribution in [0, 0.1) is 19.7 Å². The Morgan fingerprint density at radius 2 is 1.90 bits per heavy atom. The predicted molar refractivity (Wildman–Crippen MR) is 79.7 cm³/mol. The second-order valence-corrected chi connectivity index (χ2v) is 5.18. The molecule has 1 aromatic carbocycles. The highest BCUT2D eigenvalue weighted by Crippen LogP contribution is 2.26. The van der Waals surface area contributed by atoms with E-state index in [9.17, 15) is 4.39 Å². The maximum absolute atomic E-state index is 13.1. The molecular weight excluding hydrogens is 255 g/mol. The van der Waals surface area contributed by atoms with Crippen molar-refractivity contribution in [1.82, 2.24) is 9.97 Å². The van der Waals surface area contributed by atoms with Crippen LogP contribution in [0.15, 0.2) is 18.2 Å². The third-order valence-electron chi connectivity index (χ3n) is 3.16. The molecule has 5 heteroatoms. The van der Waals surface area contributed by atoms with Crippen molar-refractivity contribution in [3.63, 3.8) is 0 Å². The molecule has 20 heavy (non-hydrogen) atoms. The van der Waals surface area contributed by atoms with E-state index in [0.29, 0.717) is 17.5 Å². The number of nitrogen functional groups attached to an aromatic ring is 1. The number of halogens is 1. The summed E-state index contributed by atoms with van der Waals surface area (Å²) in [5.74, 6) is 1.75. The van der Waals surface area contributed by atoms with Crippen LogP contribution >= 0.6 is 0 Å². The maximum atomic E-state index is 13.1. The normalized spacial score (nSPS) is 10.9. The number of nitrogens with zero attached hydrogens (tertiary/aromatic N) is 2. The van der Waals surface area contributed by atoms with Crippen LogP contribution < -0.4 is 11.1 Å². The van der Waals surface area contributed by atoms with Gasteiger partial charge in [-0.3, -0.25) is 0 Å². The van der Waals surface area contributed by atoms with Crippen LogP contribution in [-0.2, 0) is 0 Å². The van der Waals surface area contributed by atoms with E-state index in [2.05, 4.69) is 15.3 Å². The van der Waals surface area contributed by atoms with Gasteiger partial charge in [-0.1, -0.05) is 13.8 Å². The fourth-order valence-electron chi connectivity index (χ4n) is 1.83. The first-order valence-electron chi connectivity index (χ1n) is 6.55. The van der Waals surface area contributed by atoms with Crippen molar-refractivity contribution in [1.29, 1.82) is 0 Å². The van der Waals surface area contributed by atoms with Crippen molar-refractivity contribution in [3.05, 3.63) is 41.0 Å². The molecule has 0 saturated heterocycles. The predicted octanol–water partition coefficient (Wildman–Crippen LogP) is 3.68. The molecule has 0 atom stereocenters. The largest absolute Gasteiger partial charge is 0.383 e. The first kappa shape index (κ1) is 14.2. The lowest BCUT2D eigenvalue weighted by Gasteiger charge is -2.14. The third kappa shape index (κ3) is 2.87. The van der Waals surface area contributed by atoms with E-state index in [1.807, 2.05) is 27.7 Å². The molecule has 0 spiro atoms. The van der Waals surface area contributed by atoms with Crippen LogP contribution in [0.3, 0.4) is 0 Å². The van der Waals surface area contributed by atoms with Crippen molar-refractivity contribution >= 4 is 17.3 Å². The van der Waals surface area contributed by atoms with E-state index in [0.717, 1.165) is 16.8 Å². The number of nitrogens with one attached hydrogen (secondary N) is 1. The number of hydrogen-bond donors (Lipinski definition) is 2. The van der Waals surface area contributed by atoms with Gasteiger partial charge in [-0.2, -0.15) is 0 Å². The summed E-state index contributed by atoms with van der Waals surface area (Å²) in [5, 5.41) is 3.21. The number of nitrogens with two attached hydrogens (primary N) is 1. The van der Waals surface area contributed by atoms with Gasteiger partial charge in [0.25, 0.3) is 0 Å². The van der Waals surface area contributed by atoms with Gasteiger partial charge >= 0.3 is 0 Å². The Morgan fingerprint density at radius 1 is 1.20 bits per heavy atom. The zero-order chi connectivity index (χ0) is 14.9. The van der Waals surface area contributed by atoms with Gasteiger partial charge < -0.3 is 11.1 Å². The molecule has 2 aromatic rings. The second kappa shape index (κ2) is 5.45. The average Bonchev–Trinajstić information content (AvgIpc) is 2.37. The highest BCUT2D eigenvalue weighted by Gasteiger charge is 2.12. The van der Waals surface area contributed by atoms with E-state index in [4.69, 9.17) is 5.73 Å². The number of benzene rings is 1. The highest BCUT2D eigenvalue weighted by molar-refractivity contribution is 5.66. The second-order valence-electron chi connectivity index (χ2n) is 5.18. The lowest BCUT2D eigenvalue weighted by Crippen LogP contribution is -2.08. The van der Waals surface area contributed by atoms with Crippen molar-refractivity contribution in [2.75, 3.05) is 11.1 Å². The van der Waals surface area contributed by atoms with Crippen LogP contribution in [0.2, 0.25) is 0 Å². The van der Waals surface area contributed by atoms with Crippen LogP contribution in [0.5, 0.6) is 0 Å². The molecule has 0 aliphatic rings. The number of anilines is 3. The van der Waals surface area contributed by atoms with Gasteiger partial charge in [-0.05, 0) is 37.6 Å². The highest BCUT2D eigenvalue weighted by atomic mass is 19.1. The van der Waals surface area contributed by atoms with E-state index in [1.54, 1.807) is 6.07 Å². The van der Waals surface area contributed by atoms with E-state index < -0.39 is 0 Å². The Balaban J connectivity index is 2.42. The summed E-state index contributed by atoms with van der Waals surface area (Å²) >= 11 is 0. The van der Waals surface area contributed by atoms with Crippen molar-refractivity contribution in [3.8, 4) is 0 Å². The number of hydrogen-bond acceptors (Lipinski definition) is 4. The molecule has 0 radical (unpaired) electrons. The Kier molecular flexibility index (Phi) is 3.88. The minimum absolute atomic E-state index is 0.188. The molecule has 4 nitrogen and oxygen atoms in total. The third-order valence-corrected chi connectivity index (χ3v) is 3.16. The van der Waals surface area contributed by atoms with Gasteiger partial charge in [-0.15, -0.1) is 0 Å². The summed E-state index contributed by atoms with van der Waals surface area (Å²) in [6.45, 7) is 7.73. The zero-order valence-electron chi connectivity index (χ0n) is 12.2. The minimum atomic E-state index is -0.255. The first-order valence-corrected chi connectivity index (χ1v) is 6.55. The number of rotatable bonds is 3. The molecule has 0 amide bonds. The summed E-state index contributed by atoms with van der Waals surface area (Å²) in [4.78, 5) is 8.77. The van der Waals surface area contributed by atoms with Gasteiger partial charge in [0, 0.05) is 17.2 Å². The Hall–Kier alpha value is -2.17. The summed E-state index contributed by atoms with van der Waals surface area (Å²) in [6.07, 6.45) is 0. The maximum Gasteiger partial charge on any atom is 0.139 e. The smallest absolute Gasteiger partial charge is 0.139 e. The van der Waals surface area contributed by atoms with Crippen LogP contribution in [0.25, 0.3) is 0 Å². The van der Waals surface area contributed by atoms with Crippen LogP contribution in [0.4, 0.5) is 21.7 Å². The summed E-state index contributed by atoms with van der Waals surface area (Å²) < 4.78 is 13.1. The van der Waals surface area contributed by atoms with E-state index >= 15 is 0 Å². The molecule has 0 fully saturated rings. The SMILES string of the molecule is Cc1cc(F)ccc1Nc1nc(C(C)C)nc(N)c1C. The van der Waals surface area contributed by atoms with Gasteiger partial charge in [0.15, 0.2) is 0 Å². The topological polar surface area (TPSA) is 63.8 Å². The average molecular weight is 274 g/mol. The quantitative estimate of drug-likeness (QED) is 0.896. The monoisotopic (exact) mass is 274 g/mol. The molecule has 0 aliphatic carbocycles. The Bertz CT molecular complexity index is 638. The number of aryl methyl sites for hydroxylation is 1.